The van der Waals surface area contributed by atoms with Gasteiger partial charge in [-0.15, -0.1) is 11.3 Å². The molecule has 0 bridgehead atoms. The summed E-state index contributed by atoms with van der Waals surface area (Å²) in [6, 6.07) is 1.94. The summed E-state index contributed by atoms with van der Waals surface area (Å²) in [6.45, 7) is 0. The molecule has 0 radical (unpaired) electrons. The van der Waals surface area contributed by atoms with E-state index < -0.39 is 0 Å². The highest BCUT2D eigenvalue weighted by atomic mass is 32.1. The highest BCUT2D eigenvalue weighted by Crippen LogP contribution is 2.37. The Kier molecular flexibility index (Phi) is 3.08. The van der Waals surface area contributed by atoms with Gasteiger partial charge in [0, 0.05) is 10.3 Å². The smallest absolute Gasteiger partial charge is 0.129 e. The van der Waals surface area contributed by atoms with E-state index in [2.05, 4.69) is 0 Å². The average molecular weight is 212 g/mol. The Morgan fingerprint density at radius 2 is 2.43 bits per heavy atom. The molecule has 78 valence electrons. The number of rotatable bonds is 4. The summed E-state index contributed by atoms with van der Waals surface area (Å²) < 4.78 is 5.09. The van der Waals surface area contributed by atoms with Crippen LogP contribution in [0.4, 0.5) is 0 Å². The van der Waals surface area contributed by atoms with Gasteiger partial charge in [0.1, 0.15) is 5.75 Å². The van der Waals surface area contributed by atoms with Crippen molar-refractivity contribution >= 4 is 11.3 Å². The van der Waals surface area contributed by atoms with Crippen molar-refractivity contribution in [3.05, 3.63) is 16.3 Å². The monoisotopic (exact) mass is 212 g/mol. The number of hydrogen-bond acceptors (Lipinski definition) is 3. The molecule has 14 heavy (non-hydrogen) atoms. The van der Waals surface area contributed by atoms with Crippen molar-refractivity contribution in [2.45, 2.75) is 31.8 Å². The van der Waals surface area contributed by atoms with E-state index in [1.807, 2.05) is 11.4 Å². The fraction of sp³-hybridized carbons (Fsp3) is 0.636. The molecule has 1 aliphatic rings. The van der Waals surface area contributed by atoms with Crippen LogP contribution < -0.4 is 4.74 Å². The summed E-state index contributed by atoms with van der Waals surface area (Å²) in [5.41, 5.74) is 0. The van der Waals surface area contributed by atoms with Gasteiger partial charge in [0.05, 0.1) is 13.2 Å². The van der Waals surface area contributed by atoms with E-state index in [0.29, 0.717) is 0 Å². The van der Waals surface area contributed by atoms with Gasteiger partial charge in [-0.05, 0) is 18.4 Å². The van der Waals surface area contributed by atoms with Crippen LogP contribution in [-0.4, -0.2) is 12.2 Å². The third-order valence-electron chi connectivity index (χ3n) is 2.94. The Hall–Kier alpha value is -0.540. The average Bonchev–Trinajstić information content (AvgIpc) is 2.59. The second kappa shape index (κ2) is 4.32. The molecule has 1 atom stereocenters. The highest BCUT2D eigenvalue weighted by molar-refractivity contribution is 7.10. The third-order valence-corrected chi connectivity index (χ3v) is 3.95. The lowest BCUT2D eigenvalue weighted by atomic mass is 9.81. The Morgan fingerprint density at radius 1 is 1.64 bits per heavy atom. The topological polar surface area (TPSA) is 29.5 Å². The number of thiophene rings is 1. The lowest BCUT2D eigenvalue weighted by Gasteiger charge is -2.27. The minimum Gasteiger partial charge on any atom is -0.496 e. The first-order valence-electron chi connectivity index (χ1n) is 5.10. The van der Waals surface area contributed by atoms with Crippen LogP contribution in [0.1, 0.15) is 36.7 Å². The molecule has 1 unspecified atom stereocenters. The normalized spacial score (nSPS) is 19.0. The summed E-state index contributed by atoms with van der Waals surface area (Å²) in [7, 11) is 1.66. The molecule has 0 aliphatic heterocycles. The first kappa shape index (κ1) is 9.99. The molecule has 1 fully saturated rings. The summed E-state index contributed by atoms with van der Waals surface area (Å²) in [5, 5.41) is 11.9. The minimum atomic E-state index is -0.283. The SMILES string of the molecule is COc1csc(C(O)CC2CCC2)c1. The Balaban J connectivity index is 1.92. The van der Waals surface area contributed by atoms with Gasteiger partial charge < -0.3 is 9.84 Å². The molecule has 0 aromatic carbocycles. The Morgan fingerprint density at radius 3 is 2.93 bits per heavy atom. The highest BCUT2D eigenvalue weighted by Gasteiger charge is 2.22. The number of aliphatic hydroxyl groups excluding tert-OH is 1. The van der Waals surface area contributed by atoms with Gasteiger partial charge in [-0.25, -0.2) is 0 Å². The van der Waals surface area contributed by atoms with Crippen molar-refractivity contribution < 1.29 is 9.84 Å². The molecule has 2 nitrogen and oxygen atoms in total. The van der Waals surface area contributed by atoms with E-state index >= 15 is 0 Å². The molecule has 1 aliphatic carbocycles. The molecule has 3 heteroatoms. The van der Waals surface area contributed by atoms with Crippen molar-refractivity contribution in [3.8, 4) is 5.75 Å². The maximum atomic E-state index is 9.92. The van der Waals surface area contributed by atoms with Crippen LogP contribution in [0.5, 0.6) is 5.75 Å². The van der Waals surface area contributed by atoms with Gasteiger partial charge in [0.2, 0.25) is 0 Å². The molecule has 0 saturated heterocycles. The standard InChI is InChI=1S/C11H16O2S/c1-13-9-6-11(14-7-9)10(12)5-8-3-2-4-8/h6-8,10,12H,2-5H2,1H3. The number of aliphatic hydroxyl groups is 1. The predicted octanol–water partition coefficient (Wildman–Crippen LogP) is 2.98. The van der Waals surface area contributed by atoms with Gasteiger partial charge in [-0.2, -0.15) is 0 Å². The minimum absolute atomic E-state index is 0.283. The van der Waals surface area contributed by atoms with Crippen LogP contribution in [0.15, 0.2) is 11.4 Å². The fourth-order valence-electron chi connectivity index (χ4n) is 1.78. The van der Waals surface area contributed by atoms with E-state index in [-0.39, 0.29) is 6.10 Å². The van der Waals surface area contributed by atoms with Gasteiger partial charge in [0.25, 0.3) is 0 Å². The zero-order valence-electron chi connectivity index (χ0n) is 8.40. The summed E-state index contributed by atoms with van der Waals surface area (Å²) in [4.78, 5) is 1.04. The van der Waals surface area contributed by atoms with Crippen LogP contribution in [0.25, 0.3) is 0 Å². The second-order valence-electron chi connectivity index (χ2n) is 3.94. The Labute approximate surface area is 88.5 Å². The van der Waals surface area contributed by atoms with Crippen molar-refractivity contribution in [2.24, 2.45) is 5.92 Å². The predicted molar refractivity (Wildman–Crippen MR) is 57.8 cm³/mol. The maximum Gasteiger partial charge on any atom is 0.129 e. The van der Waals surface area contributed by atoms with E-state index in [1.165, 1.54) is 19.3 Å². The first-order valence-corrected chi connectivity index (χ1v) is 5.98. The summed E-state index contributed by atoms with van der Waals surface area (Å²) in [5.74, 6) is 1.61. The second-order valence-corrected chi connectivity index (χ2v) is 4.88. The first-order chi connectivity index (χ1) is 6.79. The molecular formula is C11H16O2S. The van der Waals surface area contributed by atoms with Gasteiger partial charge in [-0.3, -0.25) is 0 Å². The quantitative estimate of drug-likeness (QED) is 0.831. The molecule has 1 aromatic rings. The van der Waals surface area contributed by atoms with Gasteiger partial charge in [-0.1, -0.05) is 19.3 Å². The van der Waals surface area contributed by atoms with Crippen molar-refractivity contribution in [2.75, 3.05) is 7.11 Å². The van der Waals surface area contributed by atoms with E-state index in [9.17, 15) is 5.11 Å². The molecule has 0 spiro atoms. The van der Waals surface area contributed by atoms with Crippen LogP contribution in [0, 0.1) is 5.92 Å². The summed E-state index contributed by atoms with van der Waals surface area (Å²) in [6.07, 6.45) is 4.56. The lowest BCUT2D eigenvalue weighted by Crippen LogP contribution is -2.14. The van der Waals surface area contributed by atoms with Crippen LogP contribution in [0.3, 0.4) is 0 Å². The zero-order chi connectivity index (χ0) is 9.97. The molecule has 1 heterocycles. The molecular weight excluding hydrogens is 196 g/mol. The van der Waals surface area contributed by atoms with Gasteiger partial charge >= 0.3 is 0 Å². The summed E-state index contributed by atoms with van der Waals surface area (Å²) >= 11 is 1.58. The maximum absolute atomic E-state index is 9.92. The zero-order valence-corrected chi connectivity index (χ0v) is 9.22. The van der Waals surface area contributed by atoms with E-state index in [1.54, 1.807) is 18.4 Å². The lowest BCUT2D eigenvalue weighted by molar-refractivity contribution is 0.121. The van der Waals surface area contributed by atoms with Gasteiger partial charge in [0.15, 0.2) is 0 Å². The van der Waals surface area contributed by atoms with Crippen LogP contribution >= 0.6 is 11.3 Å². The Bertz CT molecular complexity index is 291. The molecule has 2 rings (SSSR count). The number of hydrogen-bond donors (Lipinski definition) is 1. The van der Waals surface area contributed by atoms with Crippen molar-refractivity contribution in [1.82, 2.24) is 0 Å². The van der Waals surface area contributed by atoms with Crippen molar-refractivity contribution in [3.63, 3.8) is 0 Å². The molecule has 1 aromatic heterocycles. The van der Waals surface area contributed by atoms with Crippen molar-refractivity contribution in [1.29, 1.82) is 0 Å². The molecule has 0 amide bonds. The van der Waals surface area contributed by atoms with E-state index in [4.69, 9.17) is 4.74 Å². The molecule has 1 N–H and O–H groups in total. The van der Waals surface area contributed by atoms with Crippen LogP contribution in [-0.2, 0) is 0 Å². The largest absolute Gasteiger partial charge is 0.496 e. The number of methoxy groups -OCH3 is 1. The third kappa shape index (κ3) is 2.10. The van der Waals surface area contributed by atoms with Crippen LogP contribution in [0.2, 0.25) is 0 Å². The number of ether oxygens (including phenoxy) is 1. The van der Waals surface area contributed by atoms with E-state index in [0.717, 1.165) is 23.0 Å². The molecule has 1 saturated carbocycles. The fourth-order valence-corrected chi connectivity index (χ4v) is 2.63.